The van der Waals surface area contributed by atoms with Crippen LogP contribution in [-0.2, 0) is 0 Å². The maximum absolute atomic E-state index is 12.8. The van der Waals surface area contributed by atoms with Crippen LogP contribution in [0.25, 0.3) is 0 Å². The van der Waals surface area contributed by atoms with Gasteiger partial charge < -0.3 is 10.1 Å². The first-order valence-corrected chi connectivity index (χ1v) is 9.67. The number of halogens is 2. The summed E-state index contributed by atoms with van der Waals surface area (Å²) in [7, 11) is 1.64. The predicted octanol–water partition coefficient (Wildman–Crippen LogP) is 6.54. The second-order valence-electron chi connectivity index (χ2n) is 6.11. The van der Waals surface area contributed by atoms with Gasteiger partial charge in [-0.15, -0.1) is 0 Å². The van der Waals surface area contributed by atoms with Gasteiger partial charge in [0, 0.05) is 27.2 Å². The Morgan fingerprint density at radius 2 is 1.63 bits per heavy atom. The normalized spacial score (nSPS) is 11.7. The monoisotopic (exact) mass is 443 g/mol. The number of rotatable bonds is 7. The average molecular weight is 445 g/mol. The Labute approximate surface area is 172 Å². The van der Waals surface area contributed by atoms with Gasteiger partial charge in [0.25, 0.3) is 0 Å². The van der Waals surface area contributed by atoms with Gasteiger partial charge in [0.2, 0.25) is 0 Å². The molecule has 0 amide bonds. The summed E-state index contributed by atoms with van der Waals surface area (Å²) in [5, 5.41) is 4.08. The lowest BCUT2D eigenvalue weighted by Crippen LogP contribution is -2.16. The molecule has 0 bridgehead atoms. The summed E-state index contributed by atoms with van der Waals surface area (Å²) < 4.78 is 6.24. The van der Waals surface area contributed by atoms with Crippen molar-refractivity contribution in [1.29, 1.82) is 0 Å². The van der Waals surface area contributed by atoms with Crippen molar-refractivity contribution >= 4 is 39.0 Å². The molecule has 3 aromatic rings. The fourth-order valence-corrected chi connectivity index (χ4v) is 3.17. The van der Waals surface area contributed by atoms with Crippen LogP contribution in [0.3, 0.4) is 0 Å². The van der Waals surface area contributed by atoms with Crippen LogP contribution in [0.4, 0.5) is 5.69 Å². The highest BCUT2D eigenvalue weighted by molar-refractivity contribution is 9.10. The Kier molecular flexibility index (Phi) is 6.54. The van der Waals surface area contributed by atoms with E-state index in [-0.39, 0.29) is 11.8 Å². The number of ketones is 1. The topological polar surface area (TPSA) is 38.3 Å². The van der Waals surface area contributed by atoms with Gasteiger partial charge in [-0.1, -0.05) is 39.7 Å². The van der Waals surface area contributed by atoms with Crippen molar-refractivity contribution in [1.82, 2.24) is 0 Å². The fourth-order valence-electron chi connectivity index (χ4n) is 2.77. The molecule has 0 radical (unpaired) electrons. The van der Waals surface area contributed by atoms with Crippen molar-refractivity contribution < 1.29 is 9.53 Å². The van der Waals surface area contributed by atoms with Gasteiger partial charge in [-0.3, -0.25) is 4.79 Å². The third-order valence-electron chi connectivity index (χ3n) is 4.26. The third-order valence-corrected chi connectivity index (χ3v) is 5.04. The van der Waals surface area contributed by atoms with E-state index in [4.69, 9.17) is 16.3 Å². The molecule has 3 nitrogen and oxygen atoms in total. The molecule has 0 aliphatic heterocycles. The van der Waals surface area contributed by atoms with Crippen LogP contribution in [0.1, 0.15) is 28.4 Å². The maximum Gasteiger partial charge on any atom is 0.165 e. The second-order valence-corrected chi connectivity index (χ2v) is 7.46. The first kappa shape index (κ1) is 19.5. The average Bonchev–Trinajstić information content (AvgIpc) is 2.69. The number of anilines is 1. The molecule has 0 aliphatic rings. The highest BCUT2D eigenvalue weighted by atomic mass is 79.9. The first-order valence-electron chi connectivity index (χ1n) is 8.50. The Bertz CT molecular complexity index is 893. The zero-order valence-corrected chi connectivity index (χ0v) is 17.1. The fraction of sp³-hybridized carbons (Fsp3) is 0.136. The van der Waals surface area contributed by atoms with E-state index >= 15 is 0 Å². The van der Waals surface area contributed by atoms with Crippen LogP contribution in [0.2, 0.25) is 5.02 Å². The molecule has 1 N–H and O–H groups in total. The molecule has 3 rings (SSSR count). The first-order chi connectivity index (χ1) is 13.0. The van der Waals surface area contributed by atoms with Crippen molar-refractivity contribution in [3.63, 3.8) is 0 Å². The van der Waals surface area contributed by atoms with Crippen molar-refractivity contribution in [2.24, 2.45) is 0 Å². The SMILES string of the molecule is COc1ccc([C@@H](CC(=O)c2ccc(Cl)cc2)Nc2ccc(Br)cc2)cc1. The number of benzene rings is 3. The summed E-state index contributed by atoms with van der Waals surface area (Å²) in [5.41, 5.74) is 2.61. The zero-order valence-electron chi connectivity index (χ0n) is 14.8. The van der Waals surface area contributed by atoms with Crippen molar-refractivity contribution in [2.45, 2.75) is 12.5 Å². The van der Waals surface area contributed by atoms with E-state index in [0.29, 0.717) is 17.0 Å². The van der Waals surface area contributed by atoms with E-state index in [9.17, 15) is 4.79 Å². The van der Waals surface area contributed by atoms with E-state index in [1.807, 2.05) is 48.5 Å². The van der Waals surface area contributed by atoms with Crippen LogP contribution in [0.5, 0.6) is 5.75 Å². The minimum Gasteiger partial charge on any atom is -0.497 e. The summed E-state index contributed by atoms with van der Waals surface area (Å²) >= 11 is 9.37. The van der Waals surface area contributed by atoms with Gasteiger partial charge >= 0.3 is 0 Å². The molecule has 138 valence electrons. The molecular formula is C22H19BrClNO2. The minimum atomic E-state index is -0.166. The number of hydrogen-bond acceptors (Lipinski definition) is 3. The smallest absolute Gasteiger partial charge is 0.165 e. The molecule has 0 aromatic heterocycles. The number of Topliss-reactive ketones (excluding diaryl/α,β-unsaturated/α-hetero) is 1. The van der Waals surface area contributed by atoms with E-state index in [1.165, 1.54) is 0 Å². The highest BCUT2D eigenvalue weighted by Crippen LogP contribution is 2.27. The highest BCUT2D eigenvalue weighted by Gasteiger charge is 2.18. The largest absolute Gasteiger partial charge is 0.497 e. The molecule has 1 atom stereocenters. The number of hydrogen-bond donors (Lipinski definition) is 1. The molecule has 3 aromatic carbocycles. The van der Waals surface area contributed by atoms with Gasteiger partial charge in [0.15, 0.2) is 5.78 Å². The van der Waals surface area contributed by atoms with Crippen LogP contribution in [0, 0.1) is 0 Å². The number of ether oxygens (including phenoxy) is 1. The zero-order chi connectivity index (χ0) is 19.2. The van der Waals surface area contributed by atoms with E-state index < -0.39 is 0 Å². The van der Waals surface area contributed by atoms with Gasteiger partial charge in [-0.05, 0) is 66.2 Å². The van der Waals surface area contributed by atoms with E-state index in [0.717, 1.165) is 21.5 Å². The standard InChI is InChI=1S/C22H19BrClNO2/c1-27-20-12-4-15(5-13-20)21(25-19-10-6-17(23)7-11-19)14-22(26)16-2-8-18(24)9-3-16/h2-13,21,25H,14H2,1H3/t21-/m1/s1. The van der Waals surface area contributed by atoms with E-state index in [2.05, 4.69) is 21.2 Å². The van der Waals surface area contributed by atoms with Gasteiger partial charge in [-0.2, -0.15) is 0 Å². The number of methoxy groups -OCH3 is 1. The number of carbonyl (C=O) groups excluding carboxylic acids is 1. The molecular weight excluding hydrogens is 426 g/mol. The van der Waals surface area contributed by atoms with Crippen molar-refractivity contribution in [3.05, 3.63) is 93.4 Å². The molecule has 0 fully saturated rings. The predicted molar refractivity (Wildman–Crippen MR) is 114 cm³/mol. The van der Waals surface area contributed by atoms with Crippen molar-refractivity contribution in [2.75, 3.05) is 12.4 Å². The van der Waals surface area contributed by atoms with Gasteiger partial charge in [0.1, 0.15) is 5.75 Å². The molecule has 5 heteroatoms. The summed E-state index contributed by atoms with van der Waals surface area (Å²) in [6.07, 6.45) is 0.323. The van der Waals surface area contributed by atoms with E-state index in [1.54, 1.807) is 31.4 Å². The lowest BCUT2D eigenvalue weighted by atomic mass is 9.97. The molecule has 0 spiro atoms. The summed E-state index contributed by atoms with van der Waals surface area (Å²) in [4.78, 5) is 12.8. The molecule has 27 heavy (non-hydrogen) atoms. The summed E-state index contributed by atoms with van der Waals surface area (Å²) in [5.74, 6) is 0.835. The molecule has 0 aliphatic carbocycles. The molecule has 0 saturated carbocycles. The summed E-state index contributed by atoms with van der Waals surface area (Å²) in [6, 6.07) is 22.5. The quantitative estimate of drug-likeness (QED) is 0.421. The Balaban J connectivity index is 1.84. The molecule has 0 unspecified atom stereocenters. The Morgan fingerprint density at radius 1 is 1.00 bits per heavy atom. The lowest BCUT2D eigenvalue weighted by molar-refractivity contribution is 0.0976. The van der Waals surface area contributed by atoms with Crippen LogP contribution in [0.15, 0.2) is 77.3 Å². The van der Waals surface area contributed by atoms with Crippen LogP contribution >= 0.6 is 27.5 Å². The summed E-state index contributed by atoms with van der Waals surface area (Å²) in [6.45, 7) is 0. The molecule has 0 heterocycles. The Hall–Kier alpha value is -2.30. The van der Waals surface area contributed by atoms with Gasteiger partial charge in [0.05, 0.1) is 13.2 Å². The number of nitrogens with one attached hydrogen (secondary N) is 1. The van der Waals surface area contributed by atoms with Crippen LogP contribution < -0.4 is 10.1 Å². The van der Waals surface area contributed by atoms with Gasteiger partial charge in [-0.25, -0.2) is 0 Å². The van der Waals surface area contributed by atoms with Crippen molar-refractivity contribution in [3.8, 4) is 5.75 Å². The lowest BCUT2D eigenvalue weighted by Gasteiger charge is -2.20. The van der Waals surface area contributed by atoms with Crippen LogP contribution in [-0.4, -0.2) is 12.9 Å². The number of carbonyl (C=O) groups is 1. The minimum absolute atomic E-state index is 0.0529. The maximum atomic E-state index is 12.8. The third kappa shape index (κ3) is 5.34. The molecule has 0 saturated heterocycles. The Morgan fingerprint density at radius 3 is 2.22 bits per heavy atom. The second kappa shape index (κ2) is 9.07.